The molecule has 2 rings (SSSR count). The number of likely N-dealkylation sites (N-methyl/N-ethyl adjacent to an activating group) is 1. The van der Waals surface area contributed by atoms with E-state index in [1.54, 1.807) is 45.8 Å². The summed E-state index contributed by atoms with van der Waals surface area (Å²) < 4.78 is 64.6. The Morgan fingerprint density at radius 3 is 2.00 bits per heavy atom. The SMILES string of the molecule is C=CC(CO[C@H]1O[C@@H](C)[C@@H](O)[C@H](OC)[C@@H]1OC)C(CO)OC(=O)CC(O)C(C)C(O[C@H]1O[C@H](C)[C@H](OC(C)=O)[C@@H](N(C)C)[C@H]1OC(C)=O)C(CC(C)NC(=O)/C=C/CC)CC(OC)OC. The lowest BCUT2D eigenvalue weighted by molar-refractivity contribution is -0.309. The van der Waals surface area contributed by atoms with Crippen molar-refractivity contribution in [3.8, 4) is 0 Å². The monoisotopic (exact) mass is 935 g/mol. The molecule has 17 atom stereocenters. The average molecular weight is 935 g/mol. The maximum atomic E-state index is 13.7. The normalized spacial score (nSPS) is 29.3. The van der Waals surface area contributed by atoms with E-state index in [0.29, 0.717) is 6.42 Å². The molecule has 2 saturated heterocycles. The van der Waals surface area contributed by atoms with Gasteiger partial charge in [0.25, 0.3) is 0 Å². The lowest BCUT2D eigenvalue weighted by Gasteiger charge is -2.48. The first-order valence-electron chi connectivity index (χ1n) is 22.2. The van der Waals surface area contributed by atoms with Crippen LogP contribution in [0.25, 0.3) is 0 Å². The van der Waals surface area contributed by atoms with Gasteiger partial charge in [0, 0.05) is 66.6 Å². The summed E-state index contributed by atoms with van der Waals surface area (Å²) in [7, 11) is 9.25. The van der Waals surface area contributed by atoms with Crippen molar-refractivity contribution < 1.29 is 86.6 Å². The van der Waals surface area contributed by atoms with E-state index in [9.17, 15) is 34.5 Å². The van der Waals surface area contributed by atoms with Crippen LogP contribution in [-0.2, 0) is 71.3 Å². The number of nitrogens with one attached hydrogen (secondary N) is 1. The Morgan fingerprint density at radius 2 is 1.48 bits per heavy atom. The quantitative estimate of drug-likeness (QED) is 0.0286. The summed E-state index contributed by atoms with van der Waals surface area (Å²) in [4.78, 5) is 53.2. The van der Waals surface area contributed by atoms with Gasteiger partial charge in [0.05, 0.1) is 50.1 Å². The van der Waals surface area contributed by atoms with Gasteiger partial charge in [0.1, 0.15) is 30.5 Å². The number of carbonyl (C=O) groups excluding carboxylic acids is 4. The Morgan fingerprint density at radius 1 is 0.877 bits per heavy atom. The third kappa shape index (κ3) is 17.5. The zero-order valence-electron chi connectivity index (χ0n) is 40.5. The van der Waals surface area contributed by atoms with Gasteiger partial charge in [-0.3, -0.25) is 24.1 Å². The molecule has 0 bridgehead atoms. The third-order valence-electron chi connectivity index (χ3n) is 11.8. The number of allylic oxidation sites excluding steroid dienone is 1. The van der Waals surface area contributed by atoms with E-state index in [-0.39, 0.29) is 25.4 Å². The first-order valence-corrected chi connectivity index (χ1v) is 22.2. The lowest BCUT2D eigenvalue weighted by Crippen LogP contribution is -2.65. The van der Waals surface area contributed by atoms with E-state index in [2.05, 4.69) is 11.9 Å². The molecule has 0 aromatic heterocycles. The van der Waals surface area contributed by atoms with Crippen LogP contribution < -0.4 is 5.32 Å². The minimum atomic E-state index is -1.45. The Balaban J connectivity index is 2.53. The third-order valence-corrected chi connectivity index (χ3v) is 11.8. The highest BCUT2D eigenvalue weighted by atomic mass is 16.7. The van der Waals surface area contributed by atoms with Crippen LogP contribution in [0.4, 0.5) is 0 Å². The maximum absolute atomic E-state index is 13.7. The van der Waals surface area contributed by atoms with E-state index in [1.807, 2.05) is 13.8 Å². The van der Waals surface area contributed by atoms with Crippen molar-refractivity contribution in [1.29, 1.82) is 0 Å². The molecule has 1 amide bonds. The van der Waals surface area contributed by atoms with Crippen molar-refractivity contribution in [3.63, 3.8) is 0 Å². The van der Waals surface area contributed by atoms with Crippen molar-refractivity contribution in [2.75, 3.05) is 55.7 Å². The number of hydrogen-bond donors (Lipinski definition) is 4. The molecule has 2 aliphatic heterocycles. The largest absolute Gasteiger partial charge is 0.459 e. The number of aliphatic hydroxyl groups excluding tert-OH is 3. The number of nitrogens with zero attached hydrogens (tertiary/aromatic N) is 1. The van der Waals surface area contributed by atoms with Gasteiger partial charge in [-0.05, 0) is 59.7 Å². The molecule has 0 spiro atoms. The van der Waals surface area contributed by atoms with Gasteiger partial charge in [0.2, 0.25) is 5.91 Å². The molecule has 0 saturated carbocycles. The van der Waals surface area contributed by atoms with Crippen molar-refractivity contribution in [1.82, 2.24) is 10.2 Å². The van der Waals surface area contributed by atoms with Crippen LogP contribution in [0.15, 0.2) is 24.8 Å². The molecule has 2 fully saturated rings. The van der Waals surface area contributed by atoms with Gasteiger partial charge in [-0.2, -0.15) is 0 Å². The summed E-state index contributed by atoms with van der Waals surface area (Å²) in [6.07, 6.45) is -7.57. The fourth-order valence-electron chi connectivity index (χ4n) is 8.34. The van der Waals surface area contributed by atoms with Crippen molar-refractivity contribution in [2.45, 2.75) is 166 Å². The van der Waals surface area contributed by atoms with E-state index in [1.165, 1.54) is 54.4 Å². The van der Waals surface area contributed by atoms with Gasteiger partial charge in [-0.25, -0.2) is 0 Å². The summed E-state index contributed by atoms with van der Waals surface area (Å²) in [5, 5.41) is 35.8. The highest BCUT2D eigenvalue weighted by Gasteiger charge is 2.52. The summed E-state index contributed by atoms with van der Waals surface area (Å²) in [6, 6.07) is -1.21. The molecule has 65 heavy (non-hydrogen) atoms. The van der Waals surface area contributed by atoms with Crippen LogP contribution in [0, 0.1) is 17.8 Å². The predicted octanol–water partition coefficient (Wildman–Crippen LogP) is 1.64. The molecule has 0 aromatic rings. The highest BCUT2D eigenvalue weighted by Crippen LogP contribution is 2.36. The fraction of sp³-hybridized carbons (Fsp3) is 0.822. The number of carbonyl (C=O) groups is 4. The number of esters is 3. The molecule has 4 N–H and O–H groups in total. The fourth-order valence-corrected chi connectivity index (χ4v) is 8.34. The molecule has 7 unspecified atom stereocenters. The van der Waals surface area contributed by atoms with Gasteiger partial charge >= 0.3 is 17.9 Å². The van der Waals surface area contributed by atoms with Crippen LogP contribution in [0.3, 0.4) is 0 Å². The molecule has 20 nitrogen and oxygen atoms in total. The van der Waals surface area contributed by atoms with Crippen molar-refractivity contribution in [2.24, 2.45) is 17.8 Å². The zero-order chi connectivity index (χ0) is 49.1. The summed E-state index contributed by atoms with van der Waals surface area (Å²) >= 11 is 0. The van der Waals surface area contributed by atoms with E-state index in [4.69, 9.17) is 52.1 Å². The minimum absolute atomic E-state index is 0.138. The maximum Gasteiger partial charge on any atom is 0.308 e. The molecule has 0 aliphatic carbocycles. The summed E-state index contributed by atoms with van der Waals surface area (Å²) in [6.45, 7) is 14.3. The Hall–Kier alpha value is -3.12. The molecule has 2 aliphatic rings. The summed E-state index contributed by atoms with van der Waals surface area (Å²) in [5.74, 6) is -4.66. The second-order valence-corrected chi connectivity index (χ2v) is 16.9. The molecule has 20 heteroatoms. The Bertz CT molecular complexity index is 1480. The van der Waals surface area contributed by atoms with Crippen LogP contribution in [0.5, 0.6) is 0 Å². The van der Waals surface area contributed by atoms with Crippen LogP contribution in [-0.4, -0.2) is 192 Å². The topological polar surface area (TPSA) is 246 Å². The number of rotatable bonds is 28. The molecule has 0 aromatic carbocycles. The molecule has 2 heterocycles. The number of methoxy groups -OCH3 is 4. The smallest absolute Gasteiger partial charge is 0.308 e. The molecular weight excluding hydrogens is 856 g/mol. The van der Waals surface area contributed by atoms with Gasteiger partial charge in [-0.1, -0.05) is 26.0 Å². The molecule has 376 valence electrons. The first-order chi connectivity index (χ1) is 30.7. The summed E-state index contributed by atoms with van der Waals surface area (Å²) in [5.41, 5.74) is 0. The predicted molar refractivity (Wildman–Crippen MR) is 234 cm³/mol. The van der Waals surface area contributed by atoms with Gasteiger partial charge in [0.15, 0.2) is 25.0 Å². The Kier molecular flexibility index (Phi) is 25.8. The number of amides is 1. The van der Waals surface area contributed by atoms with E-state index in [0.717, 1.165) is 0 Å². The number of aliphatic hydroxyl groups is 3. The van der Waals surface area contributed by atoms with Crippen LogP contribution in [0.1, 0.15) is 74.1 Å². The average Bonchev–Trinajstić information content (AvgIpc) is 3.24. The minimum Gasteiger partial charge on any atom is -0.459 e. The van der Waals surface area contributed by atoms with Gasteiger partial charge in [-0.15, -0.1) is 6.58 Å². The van der Waals surface area contributed by atoms with Crippen molar-refractivity contribution in [3.05, 3.63) is 24.8 Å². The highest BCUT2D eigenvalue weighted by molar-refractivity contribution is 5.87. The van der Waals surface area contributed by atoms with Crippen molar-refractivity contribution >= 4 is 23.8 Å². The Labute approximate surface area is 384 Å². The lowest BCUT2D eigenvalue weighted by atomic mass is 9.81. The number of ether oxygens (including phenoxy) is 11. The molecule has 0 radical (unpaired) electrons. The van der Waals surface area contributed by atoms with E-state index < -0.39 is 141 Å². The van der Waals surface area contributed by atoms with E-state index >= 15 is 0 Å². The zero-order valence-corrected chi connectivity index (χ0v) is 40.5. The molecular formula is C45H78N2O18. The second-order valence-electron chi connectivity index (χ2n) is 16.9. The standard InChI is InChI=1S/C45H78N2O18/c1-15-17-18-34(52)46-24(3)19-31(20-36(55-11)56-12)39(65-45-41(63-29(8)50)37(47(9)10)40(27(6)61-45)62-28(7)49)25(4)32(51)21-35(53)64-33(22-48)30(16-2)23-59-44-43(58-14)42(57-13)38(54)26(5)60-44/h16-18,24-27,30-33,36-45,48,51,54H,2,15,19-23H2,1,3-14H3,(H,46,52)/b18-17+/t24?,25?,26-,27+,30?,31?,32?,33?,37+,38+,39?,40-,41+,42-,43-,44-,45+/m0/s1. The van der Waals surface area contributed by atoms with Gasteiger partial charge < -0.3 is 72.7 Å². The second kappa shape index (κ2) is 28.9. The first kappa shape index (κ1) is 58.0. The number of hydrogen-bond acceptors (Lipinski definition) is 19. The van der Waals surface area contributed by atoms with Crippen LogP contribution in [0.2, 0.25) is 0 Å². The van der Waals surface area contributed by atoms with Crippen LogP contribution >= 0.6 is 0 Å².